The standard InChI is InChI=1S/C29H30N8/c1-6-9-18(4)33-21(8-3)10-20(7-2)24-12-23-27(14-31-24)35-36-29(23)25-11-22-26(34-25)13-30-15-28(22)37-16-19(5)32-17-37/h7-8,10-17,33-34H,3-4,6,9H2,1-2,5H3,(H,35,36)/b20-7+,21-10+. The average Bonchev–Trinajstić information content (AvgIpc) is 3.63. The van der Waals surface area contributed by atoms with Crippen LogP contribution in [0.1, 0.15) is 38.1 Å². The lowest BCUT2D eigenvalue weighted by Crippen LogP contribution is -2.10. The Balaban J connectivity index is 1.54. The molecule has 0 atom stereocenters. The summed E-state index contributed by atoms with van der Waals surface area (Å²) in [6.45, 7) is 14.2. The van der Waals surface area contributed by atoms with Gasteiger partial charge in [0.1, 0.15) is 5.69 Å². The average molecular weight is 491 g/mol. The van der Waals surface area contributed by atoms with Gasteiger partial charge in [-0.25, -0.2) is 4.98 Å². The second-order valence-corrected chi connectivity index (χ2v) is 8.94. The molecule has 0 aliphatic carbocycles. The maximum atomic E-state index is 4.69. The molecule has 0 amide bonds. The molecular weight excluding hydrogens is 460 g/mol. The first-order valence-electron chi connectivity index (χ1n) is 12.3. The number of hydrogen-bond acceptors (Lipinski definition) is 5. The van der Waals surface area contributed by atoms with E-state index in [9.17, 15) is 0 Å². The number of allylic oxidation sites excluding steroid dienone is 5. The van der Waals surface area contributed by atoms with E-state index in [4.69, 9.17) is 0 Å². The van der Waals surface area contributed by atoms with Crippen LogP contribution in [0.2, 0.25) is 0 Å². The normalized spacial score (nSPS) is 12.4. The van der Waals surface area contributed by atoms with E-state index in [1.165, 1.54) is 0 Å². The van der Waals surface area contributed by atoms with Gasteiger partial charge in [0.05, 0.1) is 58.7 Å². The lowest BCUT2D eigenvalue weighted by atomic mass is 10.1. The third-order valence-corrected chi connectivity index (χ3v) is 6.23. The Hall–Kier alpha value is -4.72. The van der Waals surface area contributed by atoms with E-state index in [1.54, 1.807) is 12.4 Å². The predicted molar refractivity (Wildman–Crippen MR) is 150 cm³/mol. The molecule has 5 aromatic rings. The molecular formula is C29H30N8. The molecule has 0 fully saturated rings. The van der Waals surface area contributed by atoms with Gasteiger partial charge in [-0.1, -0.05) is 32.6 Å². The number of imidazole rings is 1. The van der Waals surface area contributed by atoms with Gasteiger partial charge in [0.2, 0.25) is 0 Å². The van der Waals surface area contributed by atoms with Crippen molar-refractivity contribution in [3.8, 4) is 17.1 Å². The fourth-order valence-corrected chi connectivity index (χ4v) is 4.39. The summed E-state index contributed by atoms with van der Waals surface area (Å²) < 4.78 is 1.98. The second kappa shape index (κ2) is 10.1. The van der Waals surface area contributed by atoms with Crippen LogP contribution in [0.25, 0.3) is 44.5 Å². The van der Waals surface area contributed by atoms with Gasteiger partial charge in [-0.3, -0.25) is 15.1 Å². The Labute approximate surface area is 215 Å². The van der Waals surface area contributed by atoms with E-state index in [1.807, 2.05) is 55.4 Å². The number of aryl methyl sites for hydroxylation is 1. The first kappa shape index (κ1) is 24.0. The first-order chi connectivity index (χ1) is 18.0. The van der Waals surface area contributed by atoms with Gasteiger partial charge in [0.15, 0.2) is 0 Å². The van der Waals surface area contributed by atoms with Gasteiger partial charge in [-0.05, 0) is 50.1 Å². The Bertz CT molecular complexity index is 1670. The zero-order chi connectivity index (χ0) is 25.9. The minimum absolute atomic E-state index is 0.820. The van der Waals surface area contributed by atoms with Crippen molar-refractivity contribution in [2.24, 2.45) is 0 Å². The van der Waals surface area contributed by atoms with Crippen molar-refractivity contribution < 1.29 is 0 Å². The van der Waals surface area contributed by atoms with Crippen LogP contribution in [-0.2, 0) is 0 Å². The molecule has 0 bridgehead atoms. The molecule has 0 aromatic carbocycles. The van der Waals surface area contributed by atoms with Crippen molar-refractivity contribution >= 4 is 27.4 Å². The Morgan fingerprint density at radius 1 is 1.14 bits per heavy atom. The Morgan fingerprint density at radius 3 is 2.73 bits per heavy atom. The van der Waals surface area contributed by atoms with E-state index in [2.05, 4.69) is 67.7 Å². The largest absolute Gasteiger partial charge is 0.359 e. The molecule has 186 valence electrons. The smallest absolute Gasteiger partial charge is 0.116 e. The van der Waals surface area contributed by atoms with Crippen LogP contribution in [0.4, 0.5) is 0 Å². The van der Waals surface area contributed by atoms with E-state index in [0.29, 0.717) is 0 Å². The molecule has 0 radical (unpaired) electrons. The van der Waals surface area contributed by atoms with Crippen molar-refractivity contribution in [3.63, 3.8) is 0 Å². The topological polar surface area (TPSA) is 100 Å². The number of pyridine rings is 2. The highest BCUT2D eigenvalue weighted by Crippen LogP contribution is 2.32. The molecule has 5 aromatic heterocycles. The van der Waals surface area contributed by atoms with Crippen molar-refractivity contribution in [1.29, 1.82) is 0 Å². The van der Waals surface area contributed by atoms with Crippen LogP contribution in [0.3, 0.4) is 0 Å². The number of nitrogens with one attached hydrogen (secondary N) is 3. The van der Waals surface area contributed by atoms with Crippen LogP contribution in [0.15, 0.2) is 86.0 Å². The highest BCUT2D eigenvalue weighted by atomic mass is 15.1. The summed E-state index contributed by atoms with van der Waals surface area (Å²) in [6.07, 6.45) is 17.1. The Morgan fingerprint density at radius 2 is 2.00 bits per heavy atom. The molecule has 8 nitrogen and oxygen atoms in total. The second-order valence-electron chi connectivity index (χ2n) is 8.94. The van der Waals surface area contributed by atoms with Crippen LogP contribution < -0.4 is 5.32 Å². The molecule has 0 aliphatic rings. The molecule has 5 heterocycles. The van der Waals surface area contributed by atoms with E-state index in [-0.39, 0.29) is 0 Å². The first-order valence-corrected chi connectivity index (χ1v) is 12.3. The highest BCUT2D eigenvalue weighted by molar-refractivity contribution is 5.98. The third-order valence-electron chi connectivity index (χ3n) is 6.23. The third kappa shape index (κ3) is 4.73. The number of fused-ring (bicyclic) bond motifs is 2. The van der Waals surface area contributed by atoms with Gasteiger partial charge in [-0.2, -0.15) is 5.10 Å². The number of hydrogen-bond donors (Lipinski definition) is 3. The number of H-pyrrole nitrogens is 2. The van der Waals surface area contributed by atoms with E-state index < -0.39 is 0 Å². The summed E-state index contributed by atoms with van der Waals surface area (Å²) in [7, 11) is 0. The van der Waals surface area contributed by atoms with Crippen LogP contribution in [-0.4, -0.2) is 34.7 Å². The molecule has 5 rings (SSSR count). The summed E-state index contributed by atoms with van der Waals surface area (Å²) in [5, 5.41) is 13.1. The van der Waals surface area contributed by atoms with Crippen LogP contribution >= 0.6 is 0 Å². The fourth-order valence-electron chi connectivity index (χ4n) is 4.39. The summed E-state index contributed by atoms with van der Waals surface area (Å²) in [5.41, 5.74) is 9.06. The highest BCUT2D eigenvalue weighted by Gasteiger charge is 2.15. The van der Waals surface area contributed by atoms with Gasteiger partial charge < -0.3 is 14.9 Å². The van der Waals surface area contributed by atoms with Gasteiger partial charge in [-0.15, -0.1) is 0 Å². The summed E-state index contributed by atoms with van der Waals surface area (Å²) in [5.74, 6) is 0. The number of rotatable bonds is 9. The zero-order valence-electron chi connectivity index (χ0n) is 21.3. The van der Waals surface area contributed by atoms with Gasteiger partial charge >= 0.3 is 0 Å². The van der Waals surface area contributed by atoms with Crippen molar-refractivity contribution in [2.75, 3.05) is 0 Å². The van der Waals surface area contributed by atoms with E-state index >= 15 is 0 Å². The summed E-state index contributed by atoms with van der Waals surface area (Å²) in [4.78, 5) is 17.0. The number of nitrogens with zero attached hydrogens (tertiary/aromatic N) is 5. The molecule has 8 heteroatoms. The molecule has 0 saturated heterocycles. The summed E-state index contributed by atoms with van der Waals surface area (Å²) >= 11 is 0. The van der Waals surface area contributed by atoms with Crippen molar-refractivity contribution in [3.05, 3.63) is 97.4 Å². The van der Waals surface area contributed by atoms with Gasteiger partial charge in [0.25, 0.3) is 0 Å². The Kier molecular flexibility index (Phi) is 6.55. The predicted octanol–water partition coefficient (Wildman–Crippen LogP) is 6.37. The number of aromatic nitrogens is 7. The van der Waals surface area contributed by atoms with Crippen LogP contribution in [0, 0.1) is 6.92 Å². The molecule has 0 unspecified atom stereocenters. The minimum Gasteiger partial charge on any atom is -0.359 e. The van der Waals surface area contributed by atoms with Crippen molar-refractivity contribution in [2.45, 2.75) is 33.6 Å². The SMILES string of the molecule is C=C/C(=C\C(=C/C)c1cc2c(-c3cc4c(-n5cnc(C)c5)cncc4[nH]3)n[nH]c2cn1)NC(=C)CCC. The molecule has 0 aliphatic heterocycles. The number of aromatic amines is 2. The lowest BCUT2D eigenvalue weighted by molar-refractivity contribution is 0.829. The molecule has 37 heavy (non-hydrogen) atoms. The minimum atomic E-state index is 0.820. The summed E-state index contributed by atoms with van der Waals surface area (Å²) in [6, 6.07) is 4.17. The molecule has 3 N–H and O–H groups in total. The maximum Gasteiger partial charge on any atom is 0.116 e. The monoisotopic (exact) mass is 490 g/mol. The maximum absolute atomic E-state index is 4.69. The lowest BCUT2D eigenvalue weighted by Gasteiger charge is -2.11. The van der Waals surface area contributed by atoms with Gasteiger partial charge in [0, 0.05) is 28.4 Å². The van der Waals surface area contributed by atoms with Crippen molar-refractivity contribution in [1.82, 2.24) is 40.0 Å². The zero-order valence-corrected chi connectivity index (χ0v) is 21.3. The molecule has 0 saturated carbocycles. The molecule has 0 spiro atoms. The van der Waals surface area contributed by atoms with Crippen LogP contribution in [0.5, 0.6) is 0 Å². The van der Waals surface area contributed by atoms with E-state index in [0.717, 1.165) is 80.1 Å². The quantitative estimate of drug-likeness (QED) is 0.208. The fraction of sp³-hybridized carbons (Fsp3) is 0.172.